The number of hydrogen-bond acceptors (Lipinski definition) is 3. The number of nitrogens with zero attached hydrogens (tertiary/aromatic N) is 1. The van der Waals surface area contributed by atoms with Gasteiger partial charge in [0.05, 0.1) is 16.8 Å². The predicted octanol–water partition coefficient (Wildman–Crippen LogP) is 5.00. The van der Waals surface area contributed by atoms with Gasteiger partial charge in [-0.25, -0.2) is 4.39 Å². The van der Waals surface area contributed by atoms with Gasteiger partial charge in [0.25, 0.3) is 11.5 Å². The van der Waals surface area contributed by atoms with Crippen LogP contribution in [-0.4, -0.2) is 15.9 Å². The molecule has 0 saturated heterocycles. The smallest absolute Gasteiger partial charge is 0.329 e. The SMILES string of the molecule is O=C(Nc1ccc2cc[nH]c(=O)c2c1)c1cccnc1-c1ccc(C(F)(F)F)c(F)c1. The van der Waals surface area contributed by atoms with Crippen LogP contribution in [0.1, 0.15) is 15.9 Å². The van der Waals surface area contributed by atoms with E-state index in [4.69, 9.17) is 0 Å². The van der Waals surface area contributed by atoms with Crippen LogP contribution in [0, 0.1) is 5.82 Å². The van der Waals surface area contributed by atoms with Gasteiger partial charge in [0.15, 0.2) is 0 Å². The number of aromatic nitrogens is 2. The van der Waals surface area contributed by atoms with Crippen LogP contribution in [0.15, 0.2) is 71.8 Å². The molecule has 0 saturated carbocycles. The van der Waals surface area contributed by atoms with Crippen molar-refractivity contribution in [1.82, 2.24) is 9.97 Å². The molecule has 0 aliphatic heterocycles. The van der Waals surface area contributed by atoms with Crippen molar-refractivity contribution >= 4 is 22.4 Å². The Bertz CT molecular complexity index is 1360. The largest absolute Gasteiger partial charge is 0.419 e. The van der Waals surface area contributed by atoms with E-state index in [1.807, 2.05) is 0 Å². The number of H-pyrrole nitrogens is 1. The van der Waals surface area contributed by atoms with Crippen LogP contribution in [-0.2, 0) is 6.18 Å². The summed E-state index contributed by atoms with van der Waals surface area (Å²) in [6.45, 7) is 0. The van der Waals surface area contributed by atoms with Crippen LogP contribution < -0.4 is 10.9 Å². The monoisotopic (exact) mass is 427 g/mol. The number of nitrogens with one attached hydrogen (secondary N) is 2. The summed E-state index contributed by atoms with van der Waals surface area (Å²) in [5, 5.41) is 3.69. The van der Waals surface area contributed by atoms with Crippen molar-refractivity contribution < 1.29 is 22.4 Å². The number of alkyl halides is 3. The van der Waals surface area contributed by atoms with E-state index in [9.17, 15) is 27.2 Å². The fourth-order valence-electron chi connectivity index (χ4n) is 3.17. The molecule has 0 aliphatic carbocycles. The summed E-state index contributed by atoms with van der Waals surface area (Å²) in [4.78, 5) is 31.4. The van der Waals surface area contributed by atoms with Gasteiger partial charge in [-0.05, 0) is 47.9 Å². The third kappa shape index (κ3) is 4.02. The number of carbonyl (C=O) groups excluding carboxylic acids is 1. The van der Waals surface area contributed by atoms with Crippen molar-refractivity contribution in [2.45, 2.75) is 6.18 Å². The molecule has 0 spiro atoms. The van der Waals surface area contributed by atoms with Gasteiger partial charge in [-0.3, -0.25) is 14.6 Å². The van der Waals surface area contributed by atoms with Gasteiger partial charge in [-0.1, -0.05) is 12.1 Å². The molecule has 31 heavy (non-hydrogen) atoms. The summed E-state index contributed by atoms with van der Waals surface area (Å²) in [5.41, 5.74) is -1.32. The second kappa shape index (κ2) is 7.67. The lowest BCUT2D eigenvalue weighted by Crippen LogP contribution is -2.14. The Labute approximate surface area is 172 Å². The number of amides is 1. The Morgan fingerprint density at radius 1 is 1.03 bits per heavy atom. The Balaban J connectivity index is 1.69. The van der Waals surface area contributed by atoms with E-state index in [1.165, 1.54) is 30.6 Å². The number of fused-ring (bicyclic) bond motifs is 1. The summed E-state index contributed by atoms with van der Waals surface area (Å²) in [6.07, 6.45) is -1.98. The minimum absolute atomic E-state index is 0.0196. The normalized spacial score (nSPS) is 11.5. The molecule has 2 aromatic heterocycles. The number of benzene rings is 2. The maximum Gasteiger partial charge on any atom is 0.419 e. The van der Waals surface area contributed by atoms with Crippen LogP contribution in [0.4, 0.5) is 23.2 Å². The molecule has 0 aliphatic rings. The molecule has 0 fully saturated rings. The Kier molecular flexibility index (Phi) is 5.02. The Morgan fingerprint density at radius 3 is 2.58 bits per heavy atom. The number of pyridine rings is 2. The summed E-state index contributed by atoms with van der Waals surface area (Å²) in [7, 11) is 0. The molecule has 0 bridgehead atoms. The highest BCUT2D eigenvalue weighted by Gasteiger charge is 2.34. The highest BCUT2D eigenvalue weighted by atomic mass is 19.4. The third-order valence-electron chi connectivity index (χ3n) is 4.63. The van der Waals surface area contributed by atoms with E-state index in [0.717, 1.165) is 6.07 Å². The van der Waals surface area contributed by atoms with Gasteiger partial charge in [-0.2, -0.15) is 13.2 Å². The zero-order valence-corrected chi connectivity index (χ0v) is 15.6. The summed E-state index contributed by atoms with van der Waals surface area (Å²) in [6, 6.07) is 11.7. The second-order valence-corrected chi connectivity index (χ2v) is 6.65. The Morgan fingerprint density at radius 2 is 1.84 bits per heavy atom. The maximum atomic E-state index is 14.0. The molecular weight excluding hydrogens is 414 g/mol. The lowest BCUT2D eigenvalue weighted by Gasteiger charge is -2.12. The summed E-state index contributed by atoms with van der Waals surface area (Å²) in [5.74, 6) is -2.08. The quantitative estimate of drug-likeness (QED) is 0.452. The predicted molar refractivity (Wildman–Crippen MR) is 107 cm³/mol. The molecule has 4 aromatic rings. The van der Waals surface area contributed by atoms with Crippen LogP contribution in [0.25, 0.3) is 22.0 Å². The molecule has 2 N–H and O–H groups in total. The van der Waals surface area contributed by atoms with Crippen molar-refractivity contribution in [2.75, 3.05) is 5.32 Å². The molecule has 9 heteroatoms. The standard InChI is InChI=1S/C22H13F4N3O2/c23-18-10-13(4-6-17(18)22(24,25)26)19-15(2-1-8-27-19)21(31)29-14-5-3-12-7-9-28-20(30)16(12)11-14/h1-11H,(H,28,30)(H,29,31). The first-order chi connectivity index (χ1) is 14.7. The van der Waals surface area contributed by atoms with Crippen molar-refractivity contribution in [3.8, 4) is 11.3 Å². The van der Waals surface area contributed by atoms with Crippen molar-refractivity contribution in [1.29, 1.82) is 0 Å². The highest BCUT2D eigenvalue weighted by Crippen LogP contribution is 2.33. The van der Waals surface area contributed by atoms with Crippen molar-refractivity contribution in [3.63, 3.8) is 0 Å². The topological polar surface area (TPSA) is 74.8 Å². The zero-order valence-electron chi connectivity index (χ0n) is 15.6. The third-order valence-corrected chi connectivity index (χ3v) is 4.63. The van der Waals surface area contributed by atoms with Crippen LogP contribution >= 0.6 is 0 Å². The first-order valence-electron chi connectivity index (χ1n) is 8.99. The summed E-state index contributed by atoms with van der Waals surface area (Å²) >= 11 is 0. The average molecular weight is 427 g/mol. The molecular formula is C22H13F4N3O2. The molecule has 4 rings (SSSR count). The van der Waals surface area contributed by atoms with E-state index in [-0.39, 0.29) is 22.4 Å². The maximum absolute atomic E-state index is 14.0. The highest BCUT2D eigenvalue weighted by molar-refractivity contribution is 6.08. The van der Waals surface area contributed by atoms with E-state index in [0.29, 0.717) is 28.6 Å². The number of anilines is 1. The number of aromatic amines is 1. The summed E-state index contributed by atoms with van der Waals surface area (Å²) < 4.78 is 52.5. The van der Waals surface area contributed by atoms with Gasteiger partial charge in [0.1, 0.15) is 5.82 Å². The zero-order chi connectivity index (χ0) is 22.2. The van der Waals surface area contributed by atoms with Crippen molar-refractivity contribution in [3.05, 3.63) is 94.3 Å². The molecule has 1 amide bonds. The van der Waals surface area contributed by atoms with Gasteiger partial charge in [0.2, 0.25) is 0 Å². The number of hydrogen-bond donors (Lipinski definition) is 2. The van der Waals surface area contributed by atoms with Crippen LogP contribution in [0.2, 0.25) is 0 Å². The lowest BCUT2D eigenvalue weighted by molar-refractivity contribution is -0.139. The van der Waals surface area contributed by atoms with Crippen LogP contribution in [0.5, 0.6) is 0 Å². The van der Waals surface area contributed by atoms with Crippen molar-refractivity contribution in [2.24, 2.45) is 0 Å². The van der Waals surface area contributed by atoms with E-state index >= 15 is 0 Å². The molecule has 156 valence electrons. The fraction of sp³-hybridized carbons (Fsp3) is 0.0455. The first-order valence-corrected chi connectivity index (χ1v) is 8.99. The number of rotatable bonds is 3. The first kappa shape index (κ1) is 20.3. The van der Waals surface area contributed by atoms with Gasteiger partial charge in [0, 0.05) is 29.0 Å². The molecule has 5 nitrogen and oxygen atoms in total. The van der Waals surface area contributed by atoms with Gasteiger partial charge >= 0.3 is 6.18 Å². The fourth-order valence-corrected chi connectivity index (χ4v) is 3.17. The lowest BCUT2D eigenvalue weighted by atomic mass is 10.0. The molecule has 0 atom stereocenters. The Hall–Kier alpha value is -4.01. The van der Waals surface area contributed by atoms with E-state index in [2.05, 4.69) is 15.3 Å². The van der Waals surface area contributed by atoms with Crippen LogP contribution in [0.3, 0.4) is 0 Å². The van der Waals surface area contributed by atoms with Gasteiger partial charge < -0.3 is 10.3 Å². The molecule has 2 aromatic carbocycles. The van der Waals surface area contributed by atoms with E-state index in [1.54, 1.807) is 18.2 Å². The minimum Gasteiger partial charge on any atom is -0.329 e. The average Bonchev–Trinajstić information content (AvgIpc) is 2.73. The molecule has 0 unspecified atom stereocenters. The second-order valence-electron chi connectivity index (χ2n) is 6.65. The van der Waals surface area contributed by atoms with E-state index < -0.39 is 23.5 Å². The van der Waals surface area contributed by atoms with Gasteiger partial charge in [-0.15, -0.1) is 0 Å². The molecule has 2 heterocycles. The molecule has 0 radical (unpaired) electrons. The number of carbonyl (C=O) groups is 1. The minimum atomic E-state index is -4.83. The number of halogens is 4.